The van der Waals surface area contributed by atoms with Crippen LogP contribution in [0.2, 0.25) is 0 Å². The maximum Gasteiger partial charge on any atom is 0.303 e. The van der Waals surface area contributed by atoms with E-state index in [9.17, 15) is 9.59 Å². The molecule has 1 saturated heterocycles. The molecule has 0 aromatic heterocycles. The van der Waals surface area contributed by atoms with E-state index in [-0.39, 0.29) is 12.3 Å². The first-order valence-corrected chi connectivity index (χ1v) is 7.16. The minimum atomic E-state index is -0.801. The zero-order valence-corrected chi connectivity index (χ0v) is 12.1. The molecule has 1 unspecified atom stereocenters. The van der Waals surface area contributed by atoms with E-state index in [2.05, 4.69) is 11.9 Å². The number of rotatable bonds is 7. The fraction of sp³-hybridized carbons (Fsp3) is 0.857. The van der Waals surface area contributed by atoms with Gasteiger partial charge in [-0.05, 0) is 39.3 Å². The van der Waals surface area contributed by atoms with Crippen LogP contribution in [0.15, 0.2) is 0 Å². The summed E-state index contributed by atoms with van der Waals surface area (Å²) in [6, 6.07) is 0.533. The predicted molar refractivity (Wildman–Crippen MR) is 74.0 cm³/mol. The van der Waals surface area contributed by atoms with Crippen LogP contribution in [0.25, 0.3) is 0 Å². The van der Waals surface area contributed by atoms with Crippen molar-refractivity contribution in [2.45, 2.75) is 51.0 Å². The van der Waals surface area contributed by atoms with E-state index in [1.165, 1.54) is 19.3 Å². The molecule has 1 fully saturated rings. The number of carbonyl (C=O) groups is 2. The van der Waals surface area contributed by atoms with Crippen molar-refractivity contribution in [3.8, 4) is 0 Å². The lowest BCUT2D eigenvalue weighted by atomic mass is 9.98. The van der Waals surface area contributed by atoms with Gasteiger partial charge < -0.3 is 14.9 Å². The van der Waals surface area contributed by atoms with Crippen LogP contribution < -0.4 is 0 Å². The molecule has 1 atom stereocenters. The molecule has 1 aliphatic rings. The lowest BCUT2D eigenvalue weighted by Crippen LogP contribution is -2.37. The van der Waals surface area contributed by atoms with Gasteiger partial charge in [0.15, 0.2) is 0 Å². The highest BCUT2D eigenvalue weighted by molar-refractivity contribution is 5.76. The van der Waals surface area contributed by atoms with Gasteiger partial charge in [0.2, 0.25) is 5.91 Å². The number of hydrogen-bond donors (Lipinski definition) is 1. The second-order valence-electron chi connectivity index (χ2n) is 5.48. The summed E-state index contributed by atoms with van der Waals surface area (Å²) in [7, 11) is 3.89. The molecule has 19 heavy (non-hydrogen) atoms. The highest BCUT2D eigenvalue weighted by Gasteiger charge is 2.20. The largest absolute Gasteiger partial charge is 0.481 e. The molecule has 1 amide bonds. The molecule has 0 radical (unpaired) electrons. The van der Waals surface area contributed by atoms with Gasteiger partial charge in [0.05, 0.1) is 0 Å². The standard InChI is InChI=1S/C14H26N2O3/c1-15-10-4-3-6-12(15)8-9-13(17)16(2)11-5-7-14(18)19/h12H,3-11H2,1-2H3,(H,18,19). The minimum absolute atomic E-state index is 0.128. The first-order valence-electron chi connectivity index (χ1n) is 7.16. The average molecular weight is 270 g/mol. The van der Waals surface area contributed by atoms with Crippen LogP contribution in [0.5, 0.6) is 0 Å². The van der Waals surface area contributed by atoms with Crippen molar-refractivity contribution >= 4 is 11.9 Å². The highest BCUT2D eigenvalue weighted by Crippen LogP contribution is 2.19. The fourth-order valence-electron chi connectivity index (χ4n) is 2.58. The van der Waals surface area contributed by atoms with E-state index in [4.69, 9.17) is 5.11 Å². The molecule has 0 aliphatic carbocycles. The summed E-state index contributed by atoms with van der Waals surface area (Å²) >= 11 is 0. The number of carbonyl (C=O) groups excluding carboxylic acids is 1. The molecule has 0 aromatic carbocycles. The van der Waals surface area contributed by atoms with Gasteiger partial charge in [-0.3, -0.25) is 9.59 Å². The molecule has 5 heteroatoms. The Morgan fingerprint density at radius 1 is 1.32 bits per heavy atom. The van der Waals surface area contributed by atoms with Gasteiger partial charge in [-0.25, -0.2) is 0 Å². The Morgan fingerprint density at radius 2 is 2.05 bits per heavy atom. The smallest absolute Gasteiger partial charge is 0.303 e. The van der Waals surface area contributed by atoms with Crippen LogP contribution in [-0.2, 0) is 9.59 Å². The Hall–Kier alpha value is -1.10. The molecule has 110 valence electrons. The molecular formula is C14H26N2O3. The van der Waals surface area contributed by atoms with Crippen molar-refractivity contribution < 1.29 is 14.7 Å². The van der Waals surface area contributed by atoms with Crippen molar-refractivity contribution in [2.24, 2.45) is 0 Å². The molecule has 1 heterocycles. The predicted octanol–water partition coefficient (Wildman–Crippen LogP) is 1.57. The van der Waals surface area contributed by atoms with E-state index in [1.54, 1.807) is 11.9 Å². The maximum absolute atomic E-state index is 11.9. The molecule has 5 nitrogen and oxygen atoms in total. The van der Waals surface area contributed by atoms with Crippen LogP contribution in [0.4, 0.5) is 0 Å². The van der Waals surface area contributed by atoms with E-state index in [0.29, 0.717) is 25.4 Å². The zero-order chi connectivity index (χ0) is 14.3. The molecule has 1 aliphatic heterocycles. The van der Waals surface area contributed by atoms with Gasteiger partial charge >= 0.3 is 5.97 Å². The lowest BCUT2D eigenvalue weighted by Gasteiger charge is -2.32. The summed E-state index contributed by atoms with van der Waals surface area (Å²) in [4.78, 5) is 26.3. The van der Waals surface area contributed by atoms with Gasteiger partial charge in [0.1, 0.15) is 0 Å². The molecule has 1 N–H and O–H groups in total. The Kier molecular flexibility index (Phi) is 6.84. The summed E-state index contributed by atoms with van der Waals surface area (Å²) in [5, 5.41) is 8.56. The summed E-state index contributed by atoms with van der Waals surface area (Å²) in [6.45, 7) is 1.67. The van der Waals surface area contributed by atoms with Gasteiger partial charge in [-0.2, -0.15) is 0 Å². The average Bonchev–Trinajstić information content (AvgIpc) is 2.36. The number of aliphatic carboxylic acids is 1. The van der Waals surface area contributed by atoms with E-state index >= 15 is 0 Å². The Bertz CT molecular complexity index is 307. The van der Waals surface area contributed by atoms with Gasteiger partial charge in [0, 0.05) is 32.5 Å². The molecule has 1 rings (SSSR count). The molecule has 0 saturated carbocycles. The number of hydrogen-bond acceptors (Lipinski definition) is 3. The number of carboxylic acids is 1. The first kappa shape index (κ1) is 16.0. The third kappa shape index (κ3) is 6.05. The number of piperidine rings is 1. The number of nitrogens with zero attached hydrogens (tertiary/aromatic N) is 2. The Labute approximate surface area is 115 Å². The minimum Gasteiger partial charge on any atom is -0.481 e. The van der Waals surface area contributed by atoms with Crippen LogP contribution in [0.3, 0.4) is 0 Å². The highest BCUT2D eigenvalue weighted by atomic mass is 16.4. The normalized spacial score (nSPS) is 20.2. The van der Waals surface area contributed by atoms with Crippen LogP contribution in [0, 0.1) is 0 Å². The van der Waals surface area contributed by atoms with E-state index < -0.39 is 5.97 Å². The second kappa shape index (κ2) is 8.15. The molecule has 0 aromatic rings. The molecule has 0 spiro atoms. The van der Waals surface area contributed by atoms with E-state index in [1.807, 2.05) is 0 Å². The Balaban J connectivity index is 2.20. The summed E-state index contributed by atoms with van der Waals surface area (Å²) in [5.74, 6) is -0.672. The number of carboxylic acid groups (broad SMARTS) is 1. The lowest BCUT2D eigenvalue weighted by molar-refractivity contribution is -0.138. The van der Waals surface area contributed by atoms with Crippen molar-refractivity contribution in [3.05, 3.63) is 0 Å². The van der Waals surface area contributed by atoms with E-state index in [0.717, 1.165) is 13.0 Å². The number of likely N-dealkylation sites (tertiary alicyclic amines) is 1. The van der Waals surface area contributed by atoms with Crippen LogP contribution in [-0.4, -0.2) is 60.0 Å². The van der Waals surface area contributed by atoms with Gasteiger partial charge in [0.25, 0.3) is 0 Å². The fourth-order valence-corrected chi connectivity index (χ4v) is 2.58. The summed E-state index contributed by atoms with van der Waals surface area (Å²) < 4.78 is 0. The van der Waals surface area contributed by atoms with Crippen molar-refractivity contribution in [1.29, 1.82) is 0 Å². The monoisotopic (exact) mass is 270 g/mol. The topological polar surface area (TPSA) is 60.9 Å². The summed E-state index contributed by atoms with van der Waals surface area (Å²) in [6.07, 6.45) is 5.85. The van der Waals surface area contributed by atoms with Crippen molar-refractivity contribution in [1.82, 2.24) is 9.80 Å². The maximum atomic E-state index is 11.9. The van der Waals surface area contributed by atoms with Crippen molar-refractivity contribution in [2.75, 3.05) is 27.2 Å². The van der Waals surface area contributed by atoms with Crippen LogP contribution in [0.1, 0.15) is 44.9 Å². The van der Waals surface area contributed by atoms with Crippen LogP contribution >= 0.6 is 0 Å². The SMILES string of the molecule is CN(CCCC(=O)O)C(=O)CCC1CCCCN1C. The third-order valence-corrected chi connectivity index (χ3v) is 3.92. The molecular weight excluding hydrogens is 244 g/mol. The Morgan fingerprint density at radius 3 is 2.68 bits per heavy atom. The first-order chi connectivity index (χ1) is 9.00. The third-order valence-electron chi connectivity index (χ3n) is 3.92. The number of amides is 1. The zero-order valence-electron chi connectivity index (χ0n) is 12.1. The molecule has 0 bridgehead atoms. The van der Waals surface area contributed by atoms with Gasteiger partial charge in [-0.15, -0.1) is 0 Å². The van der Waals surface area contributed by atoms with Crippen molar-refractivity contribution in [3.63, 3.8) is 0 Å². The van der Waals surface area contributed by atoms with Gasteiger partial charge in [-0.1, -0.05) is 6.42 Å². The quantitative estimate of drug-likeness (QED) is 0.763. The second-order valence-corrected chi connectivity index (χ2v) is 5.48. The summed E-state index contributed by atoms with van der Waals surface area (Å²) in [5.41, 5.74) is 0.